The minimum atomic E-state index is -4.22. The van der Waals surface area contributed by atoms with E-state index in [4.69, 9.17) is 10.00 Å². The molecule has 21 heavy (non-hydrogen) atoms. The largest absolute Gasteiger partial charge is 0.391 e. The van der Waals surface area contributed by atoms with Gasteiger partial charge in [-0.25, -0.2) is 0 Å². The molecule has 114 valence electrons. The Kier molecular flexibility index (Phi) is 6.69. The third-order valence-electron chi connectivity index (χ3n) is 2.54. The number of benzene rings is 1. The molecule has 1 aromatic carbocycles. The van der Waals surface area contributed by atoms with Gasteiger partial charge < -0.3 is 10.1 Å². The second-order valence-electron chi connectivity index (χ2n) is 4.29. The molecule has 0 aliphatic heterocycles. The summed E-state index contributed by atoms with van der Waals surface area (Å²) >= 11 is 0. The Bertz CT molecular complexity index is 510. The van der Waals surface area contributed by atoms with Gasteiger partial charge in [0.05, 0.1) is 24.3 Å². The average Bonchev–Trinajstić information content (AvgIpc) is 2.42. The van der Waals surface area contributed by atoms with Gasteiger partial charge in [0.1, 0.15) is 6.07 Å². The maximum atomic E-state index is 11.8. The number of carbonyl (C=O) groups excluding carboxylic acids is 1. The highest BCUT2D eigenvalue weighted by Gasteiger charge is 2.26. The molecule has 0 atom stereocenters. The summed E-state index contributed by atoms with van der Waals surface area (Å²) in [5, 5.41) is 11.4. The van der Waals surface area contributed by atoms with E-state index in [1.54, 1.807) is 24.3 Å². The molecule has 1 aromatic rings. The molecular weight excluding hydrogens is 285 g/mol. The standard InChI is InChI=1S/C14H15F3N2O2/c15-14(16,17)7-9-21-8-3-6-13(20)19-12-5-2-1-4-11(12)10-18/h1-2,4-5H,3,6-9H2,(H,19,20). The summed E-state index contributed by atoms with van der Waals surface area (Å²) in [5.41, 5.74) is 0.773. The zero-order chi connectivity index (χ0) is 15.7. The molecule has 0 spiro atoms. The number of hydrogen-bond donors (Lipinski definition) is 1. The van der Waals surface area contributed by atoms with Gasteiger partial charge in [0, 0.05) is 13.0 Å². The fraction of sp³-hybridized carbons (Fsp3) is 0.429. The number of amides is 1. The van der Waals surface area contributed by atoms with E-state index in [-0.39, 0.29) is 18.9 Å². The minimum Gasteiger partial charge on any atom is -0.381 e. The molecule has 1 amide bonds. The van der Waals surface area contributed by atoms with Crippen molar-refractivity contribution < 1.29 is 22.7 Å². The molecule has 0 radical (unpaired) electrons. The molecule has 0 heterocycles. The van der Waals surface area contributed by atoms with Gasteiger partial charge >= 0.3 is 6.18 Å². The summed E-state index contributed by atoms with van der Waals surface area (Å²) in [6.07, 6.45) is -4.78. The highest BCUT2D eigenvalue weighted by atomic mass is 19.4. The molecule has 0 fully saturated rings. The number of nitriles is 1. The smallest absolute Gasteiger partial charge is 0.381 e. The Balaban J connectivity index is 2.22. The predicted molar refractivity (Wildman–Crippen MR) is 70.5 cm³/mol. The fourth-order valence-electron chi connectivity index (χ4n) is 1.53. The van der Waals surface area contributed by atoms with Crippen molar-refractivity contribution in [1.29, 1.82) is 5.26 Å². The highest BCUT2D eigenvalue weighted by molar-refractivity contribution is 5.92. The summed E-state index contributed by atoms with van der Waals surface area (Å²) in [6.45, 7) is -0.314. The van der Waals surface area contributed by atoms with E-state index < -0.39 is 19.2 Å². The molecule has 0 bridgehead atoms. The van der Waals surface area contributed by atoms with Crippen molar-refractivity contribution in [2.45, 2.75) is 25.4 Å². The molecule has 0 aliphatic carbocycles. The van der Waals surface area contributed by atoms with Crippen molar-refractivity contribution in [3.05, 3.63) is 29.8 Å². The zero-order valence-electron chi connectivity index (χ0n) is 11.2. The maximum absolute atomic E-state index is 11.8. The van der Waals surface area contributed by atoms with Crippen molar-refractivity contribution in [3.8, 4) is 6.07 Å². The molecule has 0 saturated carbocycles. The topological polar surface area (TPSA) is 62.1 Å². The summed E-state index contributed by atoms with van der Waals surface area (Å²) in [5.74, 6) is -0.308. The third-order valence-corrected chi connectivity index (χ3v) is 2.54. The number of halogens is 3. The number of nitrogens with zero attached hydrogens (tertiary/aromatic N) is 1. The molecular formula is C14H15F3N2O2. The van der Waals surface area contributed by atoms with Crippen LogP contribution >= 0.6 is 0 Å². The number of ether oxygens (including phenoxy) is 1. The fourth-order valence-corrected chi connectivity index (χ4v) is 1.53. The van der Waals surface area contributed by atoms with Crippen LogP contribution < -0.4 is 5.32 Å². The number of carbonyl (C=O) groups is 1. The molecule has 1 N–H and O–H groups in total. The van der Waals surface area contributed by atoms with Crippen LogP contribution in [-0.4, -0.2) is 25.3 Å². The van der Waals surface area contributed by atoms with Gasteiger partial charge in [0.2, 0.25) is 5.91 Å². The first-order valence-corrected chi connectivity index (χ1v) is 6.36. The van der Waals surface area contributed by atoms with E-state index in [9.17, 15) is 18.0 Å². The molecule has 0 unspecified atom stereocenters. The van der Waals surface area contributed by atoms with E-state index in [1.807, 2.05) is 6.07 Å². The highest BCUT2D eigenvalue weighted by Crippen LogP contribution is 2.19. The lowest BCUT2D eigenvalue weighted by Crippen LogP contribution is -2.14. The summed E-state index contributed by atoms with van der Waals surface area (Å²) in [7, 11) is 0. The predicted octanol–water partition coefficient (Wildman–Crippen LogP) is 3.25. The zero-order valence-corrected chi connectivity index (χ0v) is 11.2. The molecule has 1 rings (SSSR count). The number of nitrogens with one attached hydrogen (secondary N) is 1. The Morgan fingerprint density at radius 3 is 2.67 bits per heavy atom. The van der Waals surface area contributed by atoms with Crippen molar-refractivity contribution in [1.82, 2.24) is 0 Å². The molecule has 0 aromatic heterocycles. The van der Waals surface area contributed by atoms with Gasteiger partial charge in [-0.3, -0.25) is 4.79 Å². The summed E-state index contributed by atoms with van der Waals surface area (Å²) in [6, 6.07) is 8.51. The summed E-state index contributed by atoms with van der Waals surface area (Å²) in [4.78, 5) is 11.6. The van der Waals surface area contributed by atoms with Crippen molar-refractivity contribution >= 4 is 11.6 Å². The first kappa shape index (κ1) is 17.0. The Morgan fingerprint density at radius 2 is 2.00 bits per heavy atom. The number of rotatable bonds is 7. The van der Waals surface area contributed by atoms with Crippen LogP contribution in [0.2, 0.25) is 0 Å². The first-order valence-electron chi connectivity index (χ1n) is 6.36. The normalized spacial score (nSPS) is 11.0. The second-order valence-corrected chi connectivity index (χ2v) is 4.29. The van der Waals surface area contributed by atoms with Crippen LogP contribution in [0.15, 0.2) is 24.3 Å². The van der Waals surface area contributed by atoms with E-state index >= 15 is 0 Å². The van der Waals surface area contributed by atoms with Gasteiger partial charge in [-0.2, -0.15) is 18.4 Å². The maximum Gasteiger partial charge on any atom is 0.391 e. The molecule has 0 saturated heterocycles. The van der Waals surface area contributed by atoms with Crippen molar-refractivity contribution in [2.24, 2.45) is 0 Å². The van der Waals surface area contributed by atoms with Crippen molar-refractivity contribution in [2.75, 3.05) is 18.5 Å². The van der Waals surface area contributed by atoms with Crippen LogP contribution in [0.5, 0.6) is 0 Å². The van der Waals surface area contributed by atoms with Crippen LogP contribution in [0.25, 0.3) is 0 Å². The van der Waals surface area contributed by atoms with Crippen LogP contribution in [0.3, 0.4) is 0 Å². The van der Waals surface area contributed by atoms with E-state index in [0.717, 1.165) is 0 Å². The van der Waals surface area contributed by atoms with Gasteiger partial charge in [0.15, 0.2) is 0 Å². The second kappa shape index (κ2) is 8.27. The molecule has 0 aliphatic rings. The van der Waals surface area contributed by atoms with Gasteiger partial charge in [-0.15, -0.1) is 0 Å². The van der Waals surface area contributed by atoms with Gasteiger partial charge in [-0.05, 0) is 18.6 Å². The molecule has 4 nitrogen and oxygen atoms in total. The Morgan fingerprint density at radius 1 is 1.29 bits per heavy atom. The van der Waals surface area contributed by atoms with E-state index in [0.29, 0.717) is 17.7 Å². The lowest BCUT2D eigenvalue weighted by molar-refractivity contribution is -0.145. The quantitative estimate of drug-likeness (QED) is 0.786. The average molecular weight is 300 g/mol. The monoisotopic (exact) mass is 300 g/mol. The molecule has 7 heteroatoms. The number of alkyl halides is 3. The van der Waals surface area contributed by atoms with Crippen LogP contribution in [0, 0.1) is 11.3 Å². The van der Waals surface area contributed by atoms with Gasteiger partial charge in [-0.1, -0.05) is 12.1 Å². The van der Waals surface area contributed by atoms with Crippen LogP contribution in [0.4, 0.5) is 18.9 Å². The number of anilines is 1. The van der Waals surface area contributed by atoms with Gasteiger partial charge in [0.25, 0.3) is 0 Å². The van der Waals surface area contributed by atoms with E-state index in [1.165, 1.54) is 0 Å². The lowest BCUT2D eigenvalue weighted by Gasteiger charge is -2.08. The first-order chi connectivity index (χ1) is 9.92. The minimum absolute atomic E-state index is 0.0867. The van der Waals surface area contributed by atoms with Crippen LogP contribution in [0.1, 0.15) is 24.8 Å². The Hall–Kier alpha value is -2.07. The van der Waals surface area contributed by atoms with Crippen LogP contribution in [-0.2, 0) is 9.53 Å². The van der Waals surface area contributed by atoms with E-state index in [2.05, 4.69) is 5.32 Å². The third kappa shape index (κ3) is 7.32. The number of hydrogen-bond acceptors (Lipinski definition) is 3. The SMILES string of the molecule is N#Cc1ccccc1NC(=O)CCCOCCC(F)(F)F. The number of para-hydroxylation sites is 1. The Labute approximate surface area is 120 Å². The summed E-state index contributed by atoms with van der Waals surface area (Å²) < 4.78 is 40.3. The lowest BCUT2D eigenvalue weighted by atomic mass is 10.2. The van der Waals surface area contributed by atoms with Crippen molar-refractivity contribution in [3.63, 3.8) is 0 Å².